The molecule has 1 nitrogen and oxygen atoms in total. The van der Waals surface area contributed by atoms with E-state index in [0.717, 1.165) is 13.1 Å². The number of rotatable bonds is 4. The quantitative estimate of drug-likeness (QED) is 0.502. The smallest absolute Gasteiger partial charge is 0.0300 e. The summed E-state index contributed by atoms with van der Waals surface area (Å²) in [6, 6.07) is 2.16. The first-order valence-corrected chi connectivity index (χ1v) is 6.52. The van der Waals surface area contributed by atoms with Crippen molar-refractivity contribution in [3.05, 3.63) is 20.8 Å². The summed E-state index contributed by atoms with van der Waals surface area (Å²) in [5, 5.41) is 5.46. The van der Waals surface area contributed by atoms with E-state index in [4.69, 9.17) is 0 Å². The third-order valence-corrected chi connectivity index (χ3v) is 3.43. The van der Waals surface area contributed by atoms with Crippen molar-refractivity contribution in [1.29, 1.82) is 0 Å². The van der Waals surface area contributed by atoms with Gasteiger partial charge in [0.2, 0.25) is 0 Å². The second-order valence-corrected chi connectivity index (χ2v) is 5.09. The van der Waals surface area contributed by atoms with Gasteiger partial charge in [0.1, 0.15) is 0 Å². The number of nitrogens with one attached hydrogen (secondary N) is 1. The highest BCUT2D eigenvalue weighted by atomic mass is 127. The molecular formula is C7H9BrINS. The van der Waals surface area contributed by atoms with Crippen LogP contribution < -0.4 is 5.32 Å². The first kappa shape index (κ1) is 9.95. The molecule has 1 aromatic heterocycles. The van der Waals surface area contributed by atoms with Gasteiger partial charge in [-0.05, 0) is 22.0 Å². The molecule has 0 unspecified atom stereocenters. The zero-order valence-electron chi connectivity index (χ0n) is 5.94. The van der Waals surface area contributed by atoms with E-state index < -0.39 is 0 Å². The van der Waals surface area contributed by atoms with E-state index in [1.165, 1.54) is 13.8 Å². The molecule has 0 fully saturated rings. The number of alkyl halides is 1. The summed E-state index contributed by atoms with van der Waals surface area (Å²) >= 11 is 7.58. The van der Waals surface area contributed by atoms with Gasteiger partial charge < -0.3 is 5.32 Å². The summed E-state index contributed by atoms with van der Waals surface area (Å²) in [5.74, 6) is 0. The third kappa shape index (κ3) is 3.87. The molecule has 0 aliphatic carbocycles. The van der Waals surface area contributed by atoms with Crippen LogP contribution in [0.2, 0.25) is 0 Å². The van der Waals surface area contributed by atoms with E-state index in [1.807, 2.05) is 0 Å². The first-order valence-electron chi connectivity index (χ1n) is 3.32. The van der Waals surface area contributed by atoms with Gasteiger partial charge in [0.25, 0.3) is 0 Å². The average molecular weight is 346 g/mol. The van der Waals surface area contributed by atoms with Crippen molar-refractivity contribution in [2.24, 2.45) is 0 Å². The van der Waals surface area contributed by atoms with Gasteiger partial charge in [-0.2, -0.15) is 0 Å². The topological polar surface area (TPSA) is 12.0 Å². The van der Waals surface area contributed by atoms with Crippen molar-refractivity contribution in [3.8, 4) is 0 Å². The molecule has 1 rings (SSSR count). The molecule has 0 saturated carbocycles. The number of hydrogen-bond acceptors (Lipinski definition) is 2. The van der Waals surface area contributed by atoms with Crippen LogP contribution >= 0.6 is 49.9 Å². The zero-order valence-corrected chi connectivity index (χ0v) is 10.5. The van der Waals surface area contributed by atoms with Crippen molar-refractivity contribution in [2.75, 3.05) is 11.0 Å². The number of hydrogen-bond donors (Lipinski definition) is 1. The van der Waals surface area contributed by atoms with Crippen LogP contribution in [0.4, 0.5) is 0 Å². The Balaban J connectivity index is 2.27. The molecule has 11 heavy (non-hydrogen) atoms. The Morgan fingerprint density at radius 3 is 3.00 bits per heavy atom. The van der Waals surface area contributed by atoms with E-state index >= 15 is 0 Å². The maximum atomic E-state index is 3.42. The van der Waals surface area contributed by atoms with E-state index in [1.54, 1.807) is 11.3 Å². The highest BCUT2D eigenvalue weighted by molar-refractivity contribution is 14.1. The van der Waals surface area contributed by atoms with Crippen LogP contribution in [0.15, 0.2) is 15.9 Å². The van der Waals surface area contributed by atoms with Gasteiger partial charge in [-0.25, -0.2) is 0 Å². The van der Waals surface area contributed by atoms with Crippen molar-refractivity contribution < 1.29 is 0 Å². The Labute approximate surface area is 92.8 Å². The van der Waals surface area contributed by atoms with E-state index in [0.29, 0.717) is 0 Å². The van der Waals surface area contributed by atoms with E-state index in [2.05, 4.69) is 55.3 Å². The number of thiophene rings is 1. The Hall–Kier alpha value is 0.870. The van der Waals surface area contributed by atoms with Crippen LogP contribution in [-0.4, -0.2) is 11.0 Å². The Bertz CT molecular complexity index is 214. The largest absolute Gasteiger partial charge is 0.311 e. The Morgan fingerprint density at radius 2 is 2.45 bits per heavy atom. The summed E-state index contributed by atoms with van der Waals surface area (Å²) in [6.07, 6.45) is 0. The van der Waals surface area contributed by atoms with Crippen molar-refractivity contribution in [3.63, 3.8) is 0 Å². The van der Waals surface area contributed by atoms with Crippen molar-refractivity contribution in [1.82, 2.24) is 5.32 Å². The van der Waals surface area contributed by atoms with Crippen molar-refractivity contribution in [2.45, 2.75) is 6.54 Å². The molecule has 1 aromatic rings. The molecular weight excluding hydrogens is 337 g/mol. The average Bonchev–Trinajstić information content (AvgIpc) is 2.37. The monoisotopic (exact) mass is 345 g/mol. The van der Waals surface area contributed by atoms with Crippen LogP contribution in [-0.2, 0) is 6.54 Å². The lowest BCUT2D eigenvalue weighted by molar-refractivity contribution is 0.746. The molecule has 0 amide bonds. The SMILES string of the molecule is Brc1csc(CNCCI)c1. The standard InChI is InChI=1S/C7H9BrINS/c8-6-3-7(11-5-6)4-10-2-1-9/h3,5,10H,1-2,4H2. The minimum absolute atomic E-state index is 0.999. The molecule has 1 N–H and O–H groups in total. The minimum Gasteiger partial charge on any atom is -0.311 e. The molecule has 0 bridgehead atoms. The van der Waals surface area contributed by atoms with Crippen LogP contribution in [0.5, 0.6) is 0 Å². The molecule has 0 aliphatic rings. The molecule has 0 atom stereocenters. The predicted molar refractivity (Wildman–Crippen MR) is 62.6 cm³/mol. The van der Waals surface area contributed by atoms with Gasteiger partial charge >= 0.3 is 0 Å². The number of halogens is 2. The first-order chi connectivity index (χ1) is 5.33. The van der Waals surface area contributed by atoms with Gasteiger partial charge in [0.05, 0.1) is 0 Å². The van der Waals surface area contributed by atoms with Crippen molar-refractivity contribution >= 4 is 49.9 Å². The fourth-order valence-corrected chi connectivity index (χ4v) is 2.53. The lowest BCUT2D eigenvalue weighted by Gasteiger charge is -1.97. The Morgan fingerprint density at radius 1 is 1.64 bits per heavy atom. The van der Waals surface area contributed by atoms with E-state index in [9.17, 15) is 0 Å². The summed E-state index contributed by atoms with van der Waals surface area (Å²) in [6.45, 7) is 2.09. The maximum absolute atomic E-state index is 3.42. The second kappa shape index (κ2) is 5.50. The summed E-state index contributed by atoms with van der Waals surface area (Å²) < 4.78 is 2.36. The molecule has 0 radical (unpaired) electrons. The van der Waals surface area contributed by atoms with Crippen LogP contribution in [0, 0.1) is 0 Å². The predicted octanol–water partition coefficient (Wildman–Crippen LogP) is 3.04. The lowest BCUT2D eigenvalue weighted by Crippen LogP contribution is -2.14. The summed E-state index contributed by atoms with van der Waals surface area (Å²) in [5.41, 5.74) is 0. The zero-order chi connectivity index (χ0) is 8.10. The molecule has 0 saturated heterocycles. The highest BCUT2D eigenvalue weighted by Crippen LogP contribution is 2.19. The lowest BCUT2D eigenvalue weighted by atomic mass is 10.4. The molecule has 62 valence electrons. The normalized spacial score (nSPS) is 10.4. The second-order valence-electron chi connectivity index (χ2n) is 2.10. The van der Waals surface area contributed by atoms with Gasteiger partial charge in [0, 0.05) is 32.2 Å². The summed E-state index contributed by atoms with van der Waals surface area (Å²) in [4.78, 5) is 1.39. The summed E-state index contributed by atoms with van der Waals surface area (Å²) in [7, 11) is 0. The van der Waals surface area contributed by atoms with E-state index in [-0.39, 0.29) is 0 Å². The molecule has 0 spiro atoms. The molecule has 1 heterocycles. The fourth-order valence-electron chi connectivity index (χ4n) is 0.725. The maximum Gasteiger partial charge on any atom is 0.0300 e. The minimum atomic E-state index is 0.999. The third-order valence-electron chi connectivity index (χ3n) is 1.19. The van der Waals surface area contributed by atoms with Crippen LogP contribution in [0.25, 0.3) is 0 Å². The van der Waals surface area contributed by atoms with Gasteiger partial charge in [-0.15, -0.1) is 11.3 Å². The van der Waals surface area contributed by atoms with Gasteiger partial charge in [0.15, 0.2) is 0 Å². The fraction of sp³-hybridized carbons (Fsp3) is 0.429. The Kier molecular flexibility index (Phi) is 4.98. The molecule has 0 aliphatic heterocycles. The van der Waals surface area contributed by atoms with Crippen LogP contribution in [0.1, 0.15) is 4.88 Å². The highest BCUT2D eigenvalue weighted by Gasteiger charge is 1.95. The van der Waals surface area contributed by atoms with Crippen LogP contribution in [0.3, 0.4) is 0 Å². The van der Waals surface area contributed by atoms with Gasteiger partial charge in [-0.1, -0.05) is 22.6 Å². The molecule has 0 aromatic carbocycles. The van der Waals surface area contributed by atoms with Gasteiger partial charge in [-0.3, -0.25) is 0 Å². The molecule has 4 heteroatoms.